The zero-order valence-electron chi connectivity index (χ0n) is 9.48. The minimum absolute atomic E-state index is 0.0127. The monoisotopic (exact) mass is 244 g/mol. The predicted octanol–water partition coefficient (Wildman–Crippen LogP) is 0.491. The van der Waals surface area contributed by atoms with Crippen molar-refractivity contribution < 1.29 is 9.53 Å². The lowest BCUT2D eigenvalue weighted by Gasteiger charge is -2.44. The molecule has 0 radical (unpaired) electrons. The van der Waals surface area contributed by atoms with E-state index in [0.717, 1.165) is 43.8 Å². The number of rotatable bonds is 2. The molecule has 2 heterocycles. The summed E-state index contributed by atoms with van der Waals surface area (Å²) >= 11 is 1.98. The van der Waals surface area contributed by atoms with Gasteiger partial charge in [0, 0.05) is 6.61 Å². The number of hydrogen-bond donors (Lipinski definition) is 2. The summed E-state index contributed by atoms with van der Waals surface area (Å²) in [5, 5.41) is 0. The number of primary amides is 1. The molecular weight excluding hydrogens is 224 g/mol. The molecule has 0 aromatic rings. The molecule has 16 heavy (non-hydrogen) atoms. The van der Waals surface area contributed by atoms with Gasteiger partial charge in [0.15, 0.2) is 0 Å². The minimum Gasteiger partial charge on any atom is -0.375 e. The van der Waals surface area contributed by atoms with Crippen LogP contribution >= 0.6 is 11.8 Å². The van der Waals surface area contributed by atoms with E-state index in [9.17, 15) is 4.79 Å². The Morgan fingerprint density at radius 1 is 1.44 bits per heavy atom. The third-order valence-corrected chi connectivity index (χ3v) is 4.76. The lowest BCUT2D eigenvalue weighted by Crippen LogP contribution is -2.51. The molecule has 5 heteroatoms. The highest BCUT2D eigenvalue weighted by Crippen LogP contribution is 2.40. The Morgan fingerprint density at radius 2 is 2.12 bits per heavy atom. The molecule has 0 aromatic carbocycles. The molecule has 0 aromatic heterocycles. The SMILES string of the molecule is NC(=O)C(N)C1CCOC2(CCSCC2)C1. The van der Waals surface area contributed by atoms with Crippen LogP contribution in [-0.2, 0) is 9.53 Å². The fraction of sp³-hybridized carbons (Fsp3) is 0.909. The van der Waals surface area contributed by atoms with Crippen LogP contribution < -0.4 is 11.5 Å². The summed E-state index contributed by atoms with van der Waals surface area (Å²) in [5.41, 5.74) is 11.1. The lowest BCUT2D eigenvalue weighted by atomic mass is 9.78. The molecule has 2 saturated heterocycles. The summed E-state index contributed by atoms with van der Waals surface area (Å²) in [4.78, 5) is 11.1. The van der Waals surface area contributed by atoms with Crippen LogP contribution in [0.25, 0.3) is 0 Å². The second-order valence-electron chi connectivity index (χ2n) is 4.82. The van der Waals surface area contributed by atoms with Crippen LogP contribution in [0.15, 0.2) is 0 Å². The van der Waals surface area contributed by atoms with Crippen molar-refractivity contribution in [2.24, 2.45) is 17.4 Å². The first-order valence-corrected chi connectivity index (χ1v) is 7.05. The summed E-state index contributed by atoms with van der Waals surface area (Å²) in [6.07, 6.45) is 3.93. The van der Waals surface area contributed by atoms with Gasteiger partial charge in [-0.3, -0.25) is 4.79 Å². The van der Waals surface area contributed by atoms with Gasteiger partial charge in [0.05, 0.1) is 11.6 Å². The second kappa shape index (κ2) is 4.94. The van der Waals surface area contributed by atoms with Crippen molar-refractivity contribution in [2.45, 2.75) is 37.3 Å². The highest BCUT2D eigenvalue weighted by atomic mass is 32.2. The summed E-state index contributed by atoms with van der Waals surface area (Å²) < 4.78 is 5.95. The molecule has 1 amide bonds. The third-order valence-electron chi connectivity index (χ3n) is 3.77. The van der Waals surface area contributed by atoms with E-state index in [1.54, 1.807) is 0 Å². The van der Waals surface area contributed by atoms with Gasteiger partial charge in [0.2, 0.25) is 5.91 Å². The summed E-state index contributed by atoms with van der Waals surface area (Å²) in [6.45, 7) is 0.719. The van der Waals surface area contributed by atoms with Gasteiger partial charge in [-0.2, -0.15) is 11.8 Å². The van der Waals surface area contributed by atoms with E-state index in [-0.39, 0.29) is 17.4 Å². The van der Waals surface area contributed by atoms with Crippen molar-refractivity contribution >= 4 is 17.7 Å². The predicted molar refractivity (Wildman–Crippen MR) is 65.1 cm³/mol. The van der Waals surface area contributed by atoms with Gasteiger partial charge in [-0.05, 0) is 43.1 Å². The normalized spacial score (nSPS) is 31.2. The Morgan fingerprint density at radius 3 is 2.75 bits per heavy atom. The standard InChI is InChI=1S/C11H20N2O2S/c12-9(10(13)14)8-1-4-15-11(7-8)2-5-16-6-3-11/h8-9H,1-7,12H2,(H2,13,14). The first kappa shape index (κ1) is 12.2. The molecular formula is C11H20N2O2S. The van der Waals surface area contributed by atoms with E-state index < -0.39 is 6.04 Å². The first-order chi connectivity index (χ1) is 7.63. The first-order valence-electron chi connectivity index (χ1n) is 5.90. The molecule has 2 unspecified atom stereocenters. The van der Waals surface area contributed by atoms with Crippen LogP contribution in [0.1, 0.15) is 25.7 Å². The van der Waals surface area contributed by atoms with Gasteiger partial charge in [-0.1, -0.05) is 0 Å². The van der Waals surface area contributed by atoms with Gasteiger partial charge in [0.25, 0.3) is 0 Å². The average Bonchev–Trinajstić information content (AvgIpc) is 2.29. The van der Waals surface area contributed by atoms with Gasteiger partial charge < -0.3 is 16.2 Å². The van der Waals surface area contributed by atoms with Crippen LogP contribution in [0.2, 0.25) is 0 Å². The number of nitrogens with two attached hydrogens (primary N) is 2. The van der Waals surface area contributed by atoms with Gasteiger partial charge in [0.1, 0.15) is 0 Å². The Bertz CT molecular complexity index is 261. The Balaban J connectivity index is 2.00. The Labute approximate surface area is 100 Å². The smallest absolute Gasteiger partial charge is 0.234 e. The number of thioether (sulfide) groups is 1. The summed E-state index contributed by atoms with van der Waals surface area (Å²) in [6, 6.07) is -0.504. The molecule has 2 fully saturated rings. The van der Waals surface area contributed by atoms with E-state index in [1.165, 1.54) is 0 Å². The Kier molecular flexibility index (Phi) is 3.77. The average molecular weight is 244 g/mol. The molecule has 4 nitrogen and oxygen atoms in total. The van der Waals surface area contributed by atoms with E-state index in [0.29, 0.717) is 0 Å². The topological polar surface area (TPSA) is 78.3 Å². The van der Waals surface area contributed by atoms with Crippen molar-refractivity contribution in [1.82, 2.24) is 0 Å². The van der Waals surface area contributed by atoms with Crippen LogP contribution in [0.4, 0.5) is 0 Å². The van der Waals surface area contributed by atoms with Crippen molar-refractivity contribution in [3.63, 3.8) is 0 Å². The molecule has 2 rings (SSSR count). The van der Waals surface area contributed by atoms with Gasteiger partial charge in [-0.15, -0.1) is 0 Å². The van der Waals surface area contributed by atoms with Crippen LogP contribution in [-0.4, -0.2) is 35.7 Å². The Hall–Kier alpha value is -0.260. The van der Waals surface area contributed by atoms with E-state index in [1.807, 2.05) is 11.8 Å². The number of ether oxygens (including phenoxy) is 1. The maximum absolute atomic E-state index is 11.1. The van der Waals surface area contributed by atoms with Crippen LogP contribution in [0, 0.1) is 5.92 Å². The highest BCUT2D eigenvalue weighted by Gasteiger charge is 2.41. The van der Waals surface area contributed by atoms with Crippen LogP contribution in [0.5, 0.6) is 0 Å². The minimum atomic E-state index is -0.504. The molecule has 0 aliphatic carbocycles. The number of carbonyl (C=O) groups excluding carboxylic acids is 1. The van der Waals surface area contributed by atoms with Crippen molar-refractivity contribution in [3.8, 4) is 0 Å². The molecule has 2 aliphatic heterocycles. The zero-order chi connectivity index (χ0) is 11.6. The maximum Gasteiger partial charge on any atom is 0.234 e. The summed E-state index contributed by atoms with van der Waals surface area (Å²) in [7, 11) is 0. The largest absolute Gasteiger partial charge is 0.375 e. The quantitative estimate of drug-likeness (QED) is 0.741. The molecule has 2 aliphatic rings. The molecule has 1 spiro atoms. The molecule has 4 N–H and O–H groups in total. The fourth-order valence-electron chi connectivity index (χ4n) is 2.70. The van der Waals surface area contributed by atoms with Crippen molar-refractivity contribution in [2.75, 3.05) is 18.1 Å². The fourth-order valence-corrected chi connectivity index (χ4v) is 3.93. The molecule has 0 bridgehead atoms. The van der Waals surface area contributed by atoms with E-state index in [2.05, 4.69) is 0 Å². The van der Waals surface area contributed by atoms with Gasteiger partial charge >= 0.3 is 0 Å². The van der Waals surface area contributed by atoms with Crippen LogP contribution in [0.3, 0.4) is 0 Å². The maximum atomic E-state index is 11.1. The molecule has 0 saturated carbocycles. The zero-order valence-corrected chi connectivity index (χ0v) is 10.3. The van der Waals surface area contributed by atoms with E-state index in [4.69, 9.17) is 16.2 Å². The lowest BCUT2D eigenvalue weighted by molar-refractivity contribution is -0.127. The van der Waals surface area contributed by atoms with E-state index >= 15 is 0 Å². The summed E-state index contributed by atoms with van der Waals surface area (Å²) in [5.74, 6) is 2.12. The number of hydrogen-bond acceptors (Lipinski definition) is 4. The molecule has 92 valence electrons. The highest BCUT2D eigenvalue weighted by molar-refractivity contribution is 7.99. The number of amides is 1. The van der Waals surface area contributed by atoms with Gasteiger partial charge in [-0.25, -0.2) is 0 Å². The third kappa shape index (κ3) is 2.52. The molecule has 2 atom stereocenters. The van der Waals surface area contributed by atoms with Crippen molar-refractivity contribution in [3.05, 3.63) is 0 Å². The van der Waals surface area contributed by atoms with Crippen molar-refractivity contribution in [1.29, 1.82) is 0 Å². The second-order valence-corrected chi connectivity index (χ2v) is 6.05. The number of carbonyl (C=O) groups is 1.